The minimum Gasteiger partial charge on any atom is -0.378 e. The molecule has 0 aromatic carbocycles. The van der Waals surface area contributed by atoms with Gasteiger partial charge in [-0.15, -0.1) is 0 Å². The number of nitrogens with zero attached hydrogens (tertiary/aromatic N) is 6. The maximum absolute atomic E-state index is 5.75. The number of ether oxygens (including phenoxy) is 1. The fraction of sp³-hybridized carbons (Fsp3) is 0.455. The number of anilines is 2. The third-order valence-electron chi connectivity index (χ3n) is 2.84. The van der Waals surface area contributed by atoms with E-state index in [1.165, 1.54) is 0 Å². The van der Waals surface area contributed by atoms with Crippen molar-refractivity contribution in [2.75, 3.05) is 36.9 Å². The Hall–Kier alpha value is -2.22. The topological polar surface area (TPSA) is 95.0 Å². The van der Waals surface area contributed by atoms with E-state index in [4.69, 9.17) is 10.5 Å². The standard InChI is InChI=1S/C11H15N7O/c1-8-6-13-18(7-8)11-15-9(12)14-10(16-11)17-2-4-19-5-3-17/h6-7H,2-5H2,1H3,(H2,12,14,15,16). The zero-order chi connectivity index (χ0) is 13.2. The lowest BCUT2D eigenvalue weighted by molar-refractivity contribution is 0.122. The Balaban J connectivity index is 1.95. The highest BCUT2D eigenvalue weighted by atomic mass is 16.5. The van der Waals surface area contributed by atoms with E-state index in [0.29, 0.717) is 25.1 Å². The fourth-order valence-corrected chi connectivity index (χ4v) is 1.90. The molecule has 0 aliphatic carbocycles. The first-order valence-corrected chi connectivity index (χ1v) is 6.08. The van der Waals surface area contributed by atoms with E-state index in [1.807, 2.05) is 18.0 Å². The van der Waals surface area contributed by atoms with Gasteiger partial charge in [-0.2, -0.15) is 20.1 Å². The van der Waals surface area contributed by atoms with E-state index >= 15 is 0 Å². The predicted molar refractivity (Wildman–Crippen MR) is 69.1 cm³/mol. The molecule has 2 N–H and O–H groups in total. The largest absolute Gasteiger partial charge is 0.378 e. The number of aryl methyl sites for hydroxylation is 1. The zero-order valence-corrected chi connectivity index (χ0v) is 10.7. The second kappa shape index (κ2) is 4.81. The van der Waals surface area contributed by atoms with Gasteiger partial charge in [-0.25, -0.2) is 4.68 Å². The monoisotopic (exact) mass is 261 g/mol. The second-order valence-electron chi connectivity index (χ2n) is 4.36. The molecular formula is C11H15N7O. The van der Waals surface area contributed by atoms with Gasteiger partial charge in [0.25, 0.3) is 5.95 Å². The van der Waals surface area contributed by atoms with Crippen molar-refractivity contribution in [2.45, 2.75) is 6.92 Å². The Bertz CT molecular complexity index is 576. The number of hydrogen-bond donors (Lipinski definition) is 1. The van der Waals surface area contributed by atoms with Gasteiger partial charge in [0.05, 0.1) is 19.4 Å². The number of nitrogens with two attached hydrogens (primary N) is 1. The number of rotatable bonds is 2. The van der Waals surface area contributed by atoms with Gasteiger partial charge in [-0.05, 0) is 12.5 Å². The van der Waals surface area contributed by atoms with Gasteiger partial charge < -0.3 is 15.4 Å². The Labute approximate surface area is 110 Å². The summed E-state index contributed by atoms with van der Waals surface area (Å²) in [6, 6.07) is 0. The molecule has 2 aromatic heterocycles. The minimum absolute atomic E-state index is 0.194. The third kappa shape index (κ3) is 2.48. The van der Waals surface area contributed by atoms with E-state index in [9.17, 15) is 0 Å². The van der Waals surface area contributed by atoms with Crippen molar-refractivity contribution in [2.24, 2.45) is 0 Å². The summed E-state index contributed by atoms with van der Waals surface area (Å²) in [5, 5.41) is 4.18. The van der Waals surface area contributed by atoms with Crippen molar-refractivity contribution in [3.8, 4) is 5.95 Å². The van der Waals surface area contributed by atoms with Gasteiger partial charge in [0, 0.05) is 19.3 Å². The summed E-state index contributed by atoms with van der Waals surface area (Å²) in [6.45, 7) is 4.79. The lowest BCUT2D eigenvalue weighted by atomic mass is 10.4. The Kier molecular flexibility index (Phi) is 3.00. The minimum atomic E-state index is 0.194. The molecule has 1 fully saturated rings. The molecular weight excluding hydrogens is 246 g/mol. The van der Waals surface area contributed by atoms with Crippen molar-refractivity contribution in [1.82, 2.24) is 24.7 Å². The quantitative estimate of drug-likeness (QED) is 0.798. The van der Waals surface area contributed by atoms with Crippen molar-refractivity contribution in [3.63, 3.8) is 0 Å². The Morgan fingerprint density at radius 1 is 1.16 bits per heavy atom. The molecule has 0 saturated carbocycles. The van der Waals surface area contributed by atoms with Crippen molar-refractivity contribution < 1.29 is 4.74 Å². The summed E-state index contributed by atoms with van der Waals surface area (Å²) in [5.41, 5.74) is 6.78. The van der Waals surface area contributed by atoms with Crippen LogP contribution >= 0.6 is 0 Å². The average molecular weight is 261 g/mol. The Morgan fingerprint density at radius 2 is 1.89 bits per heavy atom. The maximum Gasteiger partial charge on any atom is 0.257 e. The van der Waals surface area contributed by atoms with Crippen LogP contribution in [0.3, 0.4) is 0 Å². The maximum atomic E-state index is 5.75. The smallest absolute Gasteiger partial charge is 0.257 e. The van der Waals surface area contributed by atoms with Crippen LogP contribution in [0.15, 0.2) is 12.4 Å². The van der Waals surface area contributed by atoms with Gasteiger partial charge in [0.2, 0.25) is 11.9 Å². The molecule has 2 aromatic rings. The molecule has 3 rings (SSSR count). The first kappa shape index (κ1) is 11.8. The number of hydrogen-bond acceptors (Lipinski definition) is 7. The highest BCUT2D eigenvalue weighted by molar-refractivity contribution is 5.38. The molecule has 8 nitrogen and oxygen atoms in total. The molecule has 100 valence electrons. The van der Waals surface area contributed by atoms with Crippen LogP contribution in [0, 0.1) is 6.92 Å². The van der Waals surface area contributed by atoms with Crippen LogP contribution in [0.1, 0.15) is 5.56 Å². The number of nitrogen functional groups attached to an aromatic ring is 1. The fourth-order valence-electron chi connectivity index (χ4n) is 1.90. The summed E-state index contributed by atoms with van der Waals surface area (Å²) in [5.74, 6) is 1.20. The van der Waals surface area contributed by atoms with Gasteiger partial charge in [0.15, 0.2) is 0 Å². The molecule has 1 saturated heterocycles. The van der Waals surface area contributed by atoms with Crippen LogP contribution in [-0.2, 0) is 4.74 Å². The van der Waals surface area contributed by atoms with Crippen LogP contribution in [0.2, 0.25) is 0 Å². The summed E-state index contributed by atoms with van der Waals surface area (Å²) in [7, 11) is 0. The molecule has 3 heterocycles. The van der Waals surface area contributed by atoms with E-state index in [-0.39, 0.29) is 5.95 Å². The van der Waals surface area contributed by atoms with Crippen molar-refractivity contribution >= 4 is 11.9 Å². The lowest BCUT2D eigenvalue weighted by Gasteiger charge is -2.26. The molecule has 8 heteroatoms. The zero-order valence-electron chi connectivity index (χ0n) is 10.7. The van der Waals surface area contributed by atoms with Crippen molar-refractivity contribution in [3.05, 3.63) is 18.0 Å². The molecule has 1 aliphatic heterocycles. The summed E-state index contributed by atoms with van der Waals surface area (Å²) in [4.78, 5) is 14.7. The van der Waals surface area contributed by atoms with E-state index in [1.54, 1.807) is 10.9 Å². The molecule has 0 spiro atoms. The molecule has 0 amide bonds. The van der Waals surface area contributed by atoms with Crippen molar-refractivity contribution in [1.29, 1.82) is 0 Å². The van der Waals surface area contributed by atoms with Crippen LogP contribution in [0.25, 0.3) is 5.95 Å². The van der Waals surface area contributed by atoms with E-state index < -0.39 is 0 Å². The third-order valence-corrected chi connectivity index (χ3v) is 2.84. The van der Waals surface area contributed by atoms with Gasteiger partial charge in [-0.1, -0.05) is 0 Å². The van der Waals surface area contributed by atoms with E-state index in [2.05, 4.69) is 20.1 Å². The SMILES string of the molecule is Cc1cnn(-c2nc(N)nc(N3CCOCC3)n2)c1. The number of morpholine rings is 1. The summed E-state index contributed by atoms with van der Waals surface area (Å²) >= 11 is 0. The van der Waals surface area contributed by atoms with Gasteiger partial charge in [0.1, 0.15) is 0 Å². The van der Waals surface area contributed by atoms with Crippen LogP contribution in [0.5, 0.6) is 0 Å². The number of aromatic nitrogens is 5. The van der Waals surface area contributed by atoms with E-state index in [0.717, 1.165) is 18.7 Å². The molecule has 0 unspecified atom stereocenters. The van der Waals surface area contributed by atoms with Gasteiger partial charge >= 0.3 is 0 Å². The molecule has 0 bridgehead atoms. The lowest BCUT2D eigenvalue weighted by Crippen LogP contribution is -2.37. The molecule has 19 heavy (non-hydrogen) atoms. The second-order valence-corrected chi connectivity index (χ2v) is 4.36. The first-order valence-electron chi connectivity index (χ1n) is 6.08. The van der Waals surface area contributed by atoms with Crippen LogP contribution in [0.4, 0.5) is 11.9 Å². The first-order chi connectivity index (χ1) is 9.22. The highest BCUT2D eigenvalue weighted by Crippen LogP contribution is 2.13. The normalized spacial score (nSPS) is 15.7. The molecule has 0 radical (unpaired) electrons. The molecule has 1 aliphatic rings. The molecule has 0 atom stereocenters. The Morgan fingerprint density at radius 3 is 2.58 bits per heavy atom. The summed E-state index contributed by atoms with van der Waals surface area (Å²) in [6.07, 6.45) is 3.59. The van der Waals surface area contributed by atoms with Crippen LogP contribution < -0.4 is 10.6 Å². The summed E-state index contributed by atoms with van der Waals surface area (Å²) < 4.78 is 6.90. The predicted octanol–water partition coefficient (Wildman–Crippen LogP) is -0.215. The van der Waals surface area contributed by atoms with Crippen LogP contribution in [-0.4, -0.2) is 51.0 Å². The highest BCUT2D eigenvalue weighted by Gasteiger charge is 2.16. The average Bonchev–Trinajstić information content (AvgIpc) is 2.86. The van der Waals surface area contributed by atoms with Gasteiger partial charge in [-0.3, -0.25) is 0 Å².